The molecule has 0 spiro atoms. The number of rotatable bonds is 6. The summed E-state index contributed by atoms with van der Waals surface area (Å²) in [6.07, 6.45) is 0.871. The molecule has 0 saturated carbocycles. The van der Waals surface area contributed by atoms with E-state index in [-0.39, 0.29) is 0 Å². The zero-order chi connectivity index (χ0) is 33.7. The van der Waals surface area contributed by atoms with Gasteiger partial charge in [0.1, 0.15) is 0 Å². The third-order valence-electron chi connectivity index (χ3n) is 9.71. The Morgan fingerprint density at radius 2 is 0.918 bits per heavy atom. The lowest BCUT2D eigenvalue weighted by Crippen LogP contribution is -2.04. The van der Waals surface area contributed by atoms with E-state index in [2.05, 4.69) is 129 Å². The summed E-state index contributed by atoms with van der Waals surface area (Å²) in [6, 6.07) is 46.4. The van der Waals surface area contributed by atoms with Crippen LogP contribution < -0.4 is 0 Å². The molecule has 0 nitrogen and oxygen atoms in total. The van der Waals surface area contributed by atoms with E-state index < -0.39 is 11.7 Å². The van der Waals surface area contributed by atoms with E-state index in [9.17, 15) is 13.2 Å². The summed E-state index contributed by atoms with van der Waals surface area (Å²) in [7, 11) is 0. The molecule has 0 heterocycles. The highest BCUT2D eigenvalue weighted by Crippen LogP contribution is 2.48. The van der Waals surface area contributed by atoms with Crippen LogP contribution in [0.4, 0.5) is 13.2 Å². The van der Waals surface area contributed by atoms with Crippen molar-refractivity contribution in [1.82, 2.24) is 0 Å². The molecular formula is C46H33F3. The van der Waals surface area contributed by atoms with Crippen molar-refractivity contribution in [2.24, 2.45) is 0 Å². The predicted molar refractivity (Wildman–Crippen MR) is 201 cm³/mol. The average molecular weight is 643 g/mol. The summed E-state index contributed by atoms with van der Waals surface area (Å²) in [4.78, 5) is 0. The van der Waals surface area contributed by atoms with Gasteiger partial charge in [-0.15, -0.1) is 0 Å². The number of allylic oxidation sites excluding steroid dienone is 1. The van der Waals surface area contributed by atoms with Gasteiger partial charge in [0.05, 0.1) is 5.56 Å². The Morgan fingerprint density at radius 3 is 1.37 bits per heavy atom. The zero-order valence-corrected chi connectivity index (χ0v) is 27.3. The van der Waals surface area contributed by atoms with E-state index in [4.69, 9.17) is 0 Å². The lowest BCUT2D eigenvalue weighted by atomic mass is 9.81. The molecule has 0 aliphatic rings. The molecule has 0 N–H and O–H groups in total. The molecule has 49 heavy (non-hydrogen) atoms. The first-order valence-corrected chi connectivity index (χ1v) is 16.7. The summed E-state index contributed by atoms with van der Waals surface area (Å²) in [5.74, 6) is 0. The minimum Gasteiger partial charge on any atom is -0.166 e. The van der Waals surface area contributed by atoms with Gasteiger partial charge in [-0.1, -0.05) is 128 Å². The van der Waals surface area contributed by atoms with Crippen LogP contribution in [0, 0.1) is 6.92 Å². The Hall–Kier alpha value is -5.67. The largest absolute Gasteiger partial charge is 0.416 e. The summed E-state index contributed by atoms with van der Waals surface area (Å²) in [5.41, 5.74) is 10.0. The molecule has 8 aromatic carbocycles. The minimum atomic E-state index is -4.40. The molecule has 0 saturated heterocycles. The van der Waals surface area contributed by atoms with Gasteiger partial charge in [0.2, 0.25) is 0 Å². The van der Waals surface area contributed by atoms with E-state index >= 15 is 0 Å². The average Bonchev–Trinajstić information content (AvgIpc) is 3.13. The van der Waals surface area contributed by atoms with Crippen LogP contribution in [0.2, 0.25) is 0 Å². The minimum absolute atomic E-state index is 0.653. The predicted octanol–water partition coefficient (Wildman–Crippen LogP) is 14.0. The van der Waals surface area contributed by atoms with Gasteiger partial charge < -0.3 is 0 Å². The summed E-state index contributed by atoms with van der Waals surface area (Å²) >= 11 is 0. The highest BCUT2D eigenvalue weighted by atomic mass is 19.4. The van der Waals surface area contributed by atoms with Crippen molar-refractivity contribution in [2.75, 3.05) is 0 Å². The van der Waals surface area contributed by atoms with Crippen LogP contribution in [-0.2, 0) is 6.18 Å². The number of hydrogen-bond acceptors (Lipinski definition) is 0. The maximum absolute atomic E-state index is 13.6. The fourth-order valence-corrected chi connectivity index (χ4v) is 7.25. The molecular weight excluding hydrogens is 610 g/mol. The first-order valence-electron chi connectivity index (χ1n) is 16.7. The normalized spacial score (nSPS) is 12.2. The van der Waals surface area contributed by atoms with Crippen LogP contribution in [0.1, 0.15) is 30.0 Å². The lowest BCUT2D eigenvalue weighted by molar-refractivity contribution is -0.137. The van der Waals surface area contributed by atoms with Crippen molar-refractivity contribution in [3.63, 3.8) is 0 Å². The summed E-state index contributed by atoms with van der Waals surface area (Å²) < 4.78 is 40.9. The van der Waals surface area contributed by atoms with Crippen LogP contribution in [0.5, 0.6) is 0 Å². The second kappa shape index (κ2) is 12.1. The Bertz CT molecular complexity index is 2430. The van der Waals surface area contributed by atoms with Gasteiger partial charge in [0.15, 0.2) is 0 Å². The summed E-state index contributed by atoms with van der Waals surface area (Å²) in [6.45, 7) is 4.24. The molecule has 0 fully saturated rings. The highest BCUT2D eigenvalue weighted by molar-refractivity contribution is 6.32. The van der Waals surface area contributed by atoms with Crippen LogP contribution >= 0.6 is 0 Å². The van der Waals surface area contributed by atoms with Gasteiger partial charge in [0, 0.05) is 0 Å². The van der Waals surface area contributed by atoms with Crippen LogP contribution in [0.15, 0.2) is 146 Å². The standard InChI is InChI=1S/C46H33F3/c1-3-4-11-33-26-34(17-16-29(33)2)43-28-42(32-18-20-35(21-19-32)46(47,48)49)38-23-22-36-40(30-12-7-5-8-13-30)27-41(31-14-9-6-10-15-31)37-24-25-39(43)45(38)44(36)37/h4-28H,3H2,1-2H3/b11-4-. The van der Waals surface area contributed by atoms with Crippen molar-refractivity contribution < 1.29 is 13.2 Å². The molecule has 0 aliphatic heterocycles. The zero-order valence-electron chi connectivity index (χ0n) is 27.3. The maximum Gasteiger partial charge on any atom is 0.416 e. The number of benzene rings is 8. The van der Waals surface area contributed by atoms with Gasteiger partial charge in [-0.25, -0.2) is 0 Å². The highest BCUT2D eigenvalue weighted by Gasteiger charge is 2.30. The molecule has 0 amide bonds. The van der Waals surface area contributed by atoms with E-state index in [0.29, 0.717) is 0 Å². The third kappa shape index (κ3) is 5.36. The lowest BCUT2D eigenvalue weighted by Gasteiger charge is -2.22. The molecule has 0 bridgehead atoms. The van der Waals surface area contributed by atoms with Crippen molar-refractivity contribution in [3.8, 4) is 44.5 Å². The first kappa shape index (κ1) is 30.7. The van der Waals surface area contributed by atoms with E-state index in [0.717, 1.165) is 88.8 Å². The maximum atomic E-state index is 13.6. The second-order valence-electron chi connectivity index (χ2n) is 12.7. The molecule has 0 radical (unpaired) electrons. The number of aryl methyl sites for hydroxylation is 1. The molecule has 0 unspecified atom stereocenters. The van der Waals surface area contributed by atoms with E-state index in [1.54, 1.807) is 12.1 Å². The Kier molecular flexibility index (Phi) is 7.56. The van der Waals surface area contributed by atoms with Gasteiger partial charge in [0.25, 0.3) is 0 Å². The van der Waals surface area contributed by atoms with Crippen molar-refractivity contribution in [2.45, 2.75) is 26.4 Å². The van der Waals surface area contributed by atoms with Crippen LogP contribution in [-0.4, -0.2) is 0 Å². The quantitative estimate of drug-likeness (QED) is 0.158. The van der Waals surface area contributed by atoms with Gasteiger partial charge in [-0.05, 0) is 132 Å². The number of halogens is 3. The van der Waals surface area contributed by atoms with Crippen LogP contribution in [0.25, 0.3) is 82.9 Å². The van der Waals surface area contributed by atoms with E-state index in [1.807, 2.05) is 12.1 Å². The molecule has 0 aromatic heterocycles. The topological polar surface area (TPSA) is 0 Å². The first-order chi connectivity index (χ1) is 23.8. The molecule has 8 aromatic rings. The Morgan fingerprint density at radius 1 is 0.490 bits per heavy atom. The van der Waals surface area contributed by atoms with Gasteiger partial charge in [-0.2, -0.15) is 13.2 Å². The smallest absolute Gasteiger partial charge is 0.166 e. The fourth-order valence-electron chi connectivity index (χ4n) is 7.25. The van der Waals surface area contributed by atoms with Crippen LogP contribution in [0.3, 0.4) is 0 Å². The van der Waals surface area contributed by atoms with E-state index in [1.165, 1.54) is 17.7 Å². The number of hydrogen-bond donors (Lipinski definition) is 0. The van der Waals surface area contributed by atoms with Crippen molar-refractivity contribution in [3.05, 3.63) is 162 Å². The molecule has 238 valence electrons. The Labute approximate surface area is 284 Å². The molecule has 0 atom stereocenters. The molecule has 0 aliphatic carbocycles. The Balaban J connectivity index is 1.52. The SMILES string of the molecule is CC/C=C\c1cc(-c2cc(-c3ccc(C(F)(F)F)cc3)c3ccc4c(-c5ccccc5)cc(-c5ccccc5)c5ccc2c3c45)ccc1C. The second-order valence-corrected chi connectivity index (χ2v) is 12.7. The van der Waals surface area contributed by atoms with Crippen molar-refractivity contribution >= 4 is 38.4 Å². The third-order valence-corrected chi connectivity index (χ3v) is 9.71. The molecule has 3 heteroatoms. The van der Waals surface area contributed by atoms with Crippen molar-refractivity contribution in [1.29, 1.82) is 0 Å². The fraction of sp³-hybridized carbons (Fsp3) is 0.0870. The summed E-state index contributed by atoms with van der Waals surface area (Å²) in [5, 5.41) is 6.68. The van der Waals surface area contributed by atoms with Gasteiger partial charge >= 0.3 is 6.18 Å². The molecule has 8 rings (SSSR count). The van der Waals surface area contributed by atoms with Gasteiger partial charge in [-0.3, -0.25) is 0 Å². The monoisotopic (exact) mass is 642 g/mol. The number of alkyl halides is 3.